The molecule has 0 aromatic carbocycles. The van der Waals surface area contributed by atoms with Gasteiger partial charge in [0.15, 0.2) is 0 Å². The van der Waals surface area contributed by atoms with Crippen LogP contribution in [0, 0.1) is 0 Å². The van der Waals surface area contributed by atoms with Crippen LogP contribution < -0.4 is 0 Å². The van der Waals surface area contributed by atoms with Gasteiger partial charge in [-0.2, -0.15) is 0 Å². The molecule has 0 unspecified atom stereocenters. The van der Waals surface area contributed by atoms with Crippen LogP contribution in [0.4, 0.5) is 0 Å². The van der Waals surface area contributed by atoms with Crippen molar-refractivity contribution in [1.29, 1.82) is 0 Å². The maximum atomic E-state index is 4.35. The van der Waals surface area contributed by atoms with Crippen molar-refractivity contribution >= 4 is 0 Å². The number of unbranched alkanes of at least 4 members (excludes halogenated alkanes) is 18. The first-order valence-corrected chi connectivity index (χ1v) is 13.5. The summed E-state index contributed by atoms with van der Waals surface area (Å²) in [4.78, 5) is 0. The fourth-order valence-electron chi connectivity index (χ4n) is 3.88. The summed E-state index contributed by atoms with van der Waals surface area (Å²) in [5.41, 5.74) is 0. The van der Waals surface area contributed by atoms with Gasteiger partial charge in [0, 0.05) is 27.2 Å². The summed E-state index contributed by atoms with van der Waals surface area (Å²) in [5.74, 6) is 0. The molecule has 0 saturated heterocycles. The van der Waals surface area contributed by atoms with Crippen LogP contribution in [0.2, 0.25) is 0 Å². The van der Waals surface area contributed by atoms with Crippen LogP contribution in [0.5, 0.6) is 0 Å². The lowest BCUT2D eigenvalue weighted by Crippen LogP contribution is -2.16. The van der Waals surface area contributed by atoms with Crippen molar-refractivity contribution in [2.75, 3.05) is 27.2 Å². The van der Waals surface area contributed by atoms with Gasteiger partial charge >= 0.3 is 0 Å². The highest BCUT2D eigenvalue weighted by atomic mass is 15.7. The summed E-state index contributed by atoms with van der Waals surface area (Å²) < 4.78 is 0. The van der Waals surface area contributed by atoms with E-state index in [-0.39, 0.29) is 0 Å². The fourth-order valence-corrected chi connectivity index (χ4v) is 3.88. The van der Waals surface area contributed by atoms with Gasteiger partial charge < -0.3 is 0 Å². The third-order valence-corrected chi connectivity index (χ3v) is 6.02. The van der Waals surface area contributed by atoms with E-state index in [9.17, 15) is 0 Å². The number of nitrogens with zero attached hydrogens (tertiary/aromatic N) is 4. The molecular weight excluding hydrogens is 368 g/mol. The quantitative estimate of drug-likeness (QED) is 0.0879. The highest BCUT2D eigenvalue weighted by molar-refractivity contribution is 4.51. The number of hydrogen-bond donors (Lipinski definition) is 0. The van der Waals surface area contributed by atoms with Gasteiger partial charge in [-0.1, -0.05) is 140 Å². The van der Waals surface area contributed by atoms with Gasteiger partial charge in [0.05, 0.1) is 0 Å². The van der Waals surface area contributed by atoms with Crippen molar-refractivity contribution < 1.29 is 0 Å². The Balaban J connectivity index is 3.39. The Morgan fingerprint density at radius 3 is 0.867 bits per heavy atom. The molecule has 0 N–H and O–H groups in total. The molecule has 0 rings (SSSR count). The first-order chi connectivity index (χ1) is 14.7. The average molecular weight is 425 g/mol. The molecule has 30 heavy (non-hydrogen) atoms. The third-order valence-electron chi connectivity index (χ3n) is 6.02. The van der Waals surface area contributed by atoms with E-state index in [1.54, 1.807) is 0 Å². The summed E-state index contributed by atoms with van der Waals surface area (Å²) in [7, 11) is 4.09. The van der Waals surface area contributed by atoms with Crippen LogP contribution >= 0.6 is 0 Å². The molecule has 0 bridgehead atoms. The minimum absolute atomic E-state index is 1.02. The molecule has 0 amide bonds. The maximum absolute atomic E-state index is 4.35. The zero-order valence-electron chi connectivity index (χ0n) is 21.3. The van der Waals surface area contributed by atoms with Crippen LogP contribution in [0.1, 0.15) is 142 Å². The first-order valence-electron chi connectivity index (χ1n) is 13.5. The summed E-state index contributed by atoms with van der Waals surface area (Å²) in [5, 5.41) is 12.7. The van der Waals surface area contributed by atoms with E-state index in [1.807, 2.05) is 24.1 Å². The monoisotopic (exact) mass is 424 g/mol. The molecule has 0 saturated carbocycles. The van der Waals surface area contributed by atoms with Gasteiger partial charge in [-0.3, -0.25) is 10.0 Å². The smallest absolute Gasteiger partial charge is 0.0374 e. The summed E-state index contributed by atoms with van der Waals surface area (Å²) in [6.07, 6.45) is 27.6. The normalized spacial score (nSPS) is 11.5. The van der Waals surface area contributed by atoms with Gasteiger partial charge in [-0.25, -0.2) is 0 Å². The molecule has 0 aromatic heterocycles. The molecule has 0 aromatic rings. The van der Waals surface area contributed by atoms with Crippen molar-refractivity contribution in [2.45, 2.75) is 142 Å². The van der Waals surface area contributed by atoms with E-state index in [2.05, 4.69) is 24.3 Å². The molecule has 0 fully saturated rings. The van der Waals surface area contributed by atoms with Crippen molar-refractivity contribution in [3.8, 4) is 0 Å². The molecule has 0 aliphatic rings. The second-order valence-corrected chi connectivity index (χ2v) is 9.31. The highest BCUT2D eigenvalue weighted by Crippen LogP contribution is 2.12. The summed E-state index contributed by atoms with van der Waals surface area (Å²) >= 11 is 0. The molecule has 0 aliphatic carbocycles. The number of rotatable bonds is 24. The van der Waals surface area contributed by atoms with Gasteiger partial charge in [0.2, 0.25) is 0 Å². The molecule has 180 valence electrons. The lowest BCUT2D eigenvalue weighted by Gasteiger charge is -2.15. The molecule has 4 nitrogen and oxygen atoms in total. The largest absolute Gasteiger partial charge is 0.280 e. The maximum Gasteiger partial charge on any atom is 0.0374 e. The Bertz CT molecular complexity index is 314. The Hall–Kier alpha value is -0.800. The SMILES string of the molecule is CCCCCCCCCCCCN(C)/N=N/N(C)CCCCCCCCCCCC. The average Bonchev–Trinajstić information content (AvgIpc) is 2.75. The molecule has 0 atom stereocenters. The highest BCUT2D eigenvalue weighted by Gasteiger charge is 1.98. The van der Waals surface area contributed by atoms with E-state index in [0.717, 1.165) is 13.1 Å². The van der Waals surface area contributed by atoms with Gasteiger partial charge in [0.1, 0.15) is 0 Å². The van der Waals surface area contributed by atoms with Gasteiger partial charge in [-0.15, -0.1) is 0 Å². The molecule has 0 radical (unpaired) electrons. The Morgan fingerprint density at radius 2 is 0.600 bits per heavy atom. The minimum Gasteiger partial charge on any atom is -0.280 e. The van der Waals surface area contributed by atoms with Crippen molar-refractivity contribution in [3.63, 3.8) is 0 Å². The third kappa shape index (κ3) is 23.5. The minimum atomic E-state index is 1.02. The molecule has 4 heteroatoms. The molecular formula is C26H56N4. The fraction of sp³-hybridized carbons (Fsp3) is 1.00. The lowest BCUT2D eigenvalue weighted by atomic mass is 10.1. The summed E-state index contributed by atoms with van der Waals surface area (Å²) in [6.45, 7) is 6.61. The van der Waals surface area contributed by atoms with Crippen LogP contribution in [-0.2, 0) is 0 Å². The zero-order valence-corrected chi connectivity index (χ0v) is 21.3. The first kappa shape index (κ1) is 29.2. The Morgan fingerprint density at radius 1 is 0.367 bits per heavy atom. The van der Waals surface area contributed by atoms with Crippen molar-refractivity contribution in [1.82, 2.24) is 10.0 Å². The predicted molar refractivity (Wildman–Crippen MR) is 134 cm³/mol. The Labute approximate surface area is 190 Å². The summed E-state index contributed by atoms with van der Waals surface area (Å²) in [6, 6.07) is 0. The second-order valence-electron chi connectivity index (χ2n) is 9.31. The standard InChI is InChI=1S/C26H56N4/c1-5-7-9-11-13-15-17-19-21-23-25-29(3)27-28-30(4)26-24-22-20-18-16-14-12-10-8-6-2/h5-26H2,1-4H3/b28-27+. The van der Waals surface area contributed by atoms with Gasteiger partial charge in [-0.05, 0) is 12.8 Å². The zero-order chi connectivity index (χ0) is 22.1. The molecule has 0 aliphatic heterocycles. The van der Waals surface area contributed by atoms with E-state index < -0.39 is 0 Å². The van der Waals surface area contributed by atoms with Crippen LogP contribution in [0.15, 0.2) is 10.4 Å². The Kier molecular flexibility index (Phi) is 23.8. The topological polar surface area (TPSA) is 31.2 Å². The van der Waals surface area contributed by atoms with Crippen LogP contribution in [0.25, 0.3) is 0 Å². The van der Waals surface area contributed by atoms with Crippen LogP contribution in [-0.4, -0.2) is 37.2 Å². The van der Waals surface area contributed by atoms with E-state index in [4.69, 9.17) is 0 Å². The second kappa shape index (κ2) is 24.5. The van der Waals surface area contributed by atoms with Crippen LogP contribution in [0.3, 0.4) is 0 Å². The predicted octanol–water partition coefficient (Wildman–Crippen LogP) is 8.97. The van der Waals surface area contributed by atoms with Crippen molar-refractivity contribution in [2.24, 2.45) is 10.4 Å². The molecule has 0 heterocycles. The van der Waals surface area contributed by atoms with Gasteiger partial charge in [0.25, 0.3) is 0 Å². The van der Waals surface area contributed by atoms with E-state index in [1.165, 1.54) is 128 Å². The van der Waals surface area contributed by atoms with Crippen molar-refractivity contribution in [3.05, 3.63) is 0 Å². The molecule has 0 spiro atoms. The number of hydrogen-bond acceptors (Lipinski definition) is 2. The lowest BCUT2D eigenvalue weighted by molar-refractivity contribution is 0.242. The van der Waals surface area contributed by atoms with E-state index >= 15 is 0 Å². The van der Waals surface area contributed by atoms with E-state index in [0.29, 0.717) is 0 Å².